The van der Waals surface area contributed by atoms with Crippen molar-refractivity contribution in [1.82, 2.24) is 9.88 Å². The number of hydrogen-bond acceptors (Lipinski definition) is 3. The lowest BCUT2D eigenvalue weighted by molar-refractivity contribution is 0.242. The van der Waals surface area contributed by atoms with E-state index in [9.17, 15) is 0 Å². The van der Waals surface area contributed by atoms with Crippen molar-refractivity contribution in [1.29, 1.82) is 0 Å². The summed E-state index contributed by atoms with van der Waals surface area (Å²) in [5, 5.41) is 0.904. The van der Waals surface area contributed by atoms with Crippen molar-refractivity contribution in [3.8, 4) is 5.75 Å². The number of likely N-dealkylation sites (tertiary alicyclic amines) is 1. The van der Waals surface area contributed by atoms with Crippen LogP contribution in [-0.2, 0) is 13.0 Å². The van der Waals surface area contributed by atoms with Gasteiger partial charge in [0.15, 0.2) is 0 Å². The quantitative estimate of drug-likeness (QED) is 0.736. The maximum atomic E-state index is 6.01. The van der Waals surface area contributed by atoms with Gasteiger partial charge in [0.25, 0.3) is 0 Å². The summed E-state index contributed by atoms with van der Waals surface area (Å²) in [6.45, 7) is 1.94. The Morgan fingerprint density at radius 3 is 2.70 bits per heavy atom. The van der Waals surface area contributed by atoms with Gasteiger partial charge in [-0.2, -0.15) is 0 Å². The van der Waals surface area contributed by atoms with E-state index in [1.807, 2.05) is 24.3 Å². The zero-order chi connectivity index (χ0) is 16.2. The molecular formula is C18H20Cl2N2O. The monoisotopic (exact) mass is 350 g/mol. The first-order valence-electron chi connectivity index (χ1n) is 7.83. The van der Waals surface area contributed by atoms with Gasteiger partial charge in [0.1, 0.15) is 16.1 Å². The van der Waals surface area contributed by atoms with E-state index >= 15 is 0 Å². The van der Waals surface area contributed by atoms with E-state index in [1.165, 1.54) is 18.4 Å². The molecule has 1 aliphatic rings. The number of para-hydroxylation sites is 1. The van der Waals surface area contributed by atoms with Crippen LogP contribution >= 0.6 is 23.2 Å². The lowest BCUT2D eigenvalue weighted by Gasteiger charge is -2.25. The zero-order valence-corrected chi connectivity index (χ0v) is 14.6. The van der Waals surface area contributed by atoms with Crippen molar-refractivity contribution in [3.63, 3.8) is 0 Å². The summed E-state index contributed by atoms with van der Waals surface area (Å²) >= 11 is 12.0. The highest BCUT2D eigenvalue weighted by molar-refractivity contribution is 6.32. The SMILES string of the molecule is COc1ccccc1CC1CCCN1Cc1cc(Cl)nc(Cl)c1. The predicted octanol–water partition coefficient (Wildman–Crippen LogP) is 4.60. The topological polar surface area (TPSA) is 25.4 Å². The molecule has 3 rings (SSSR count). The van der Waals surface area contributed by atoms with Crippen LogP contribution in [0.2, 0.25) is 10.3 Å². The molecule has 0 bridgehead atoms. The van der Waals surface area contributed by atoms with Gasteiger partial charge >= 0.3 is 0 Å². The number of aromatic nitrogens is 1. The molecule has 0 saturated carbocycles. The second-order valence-electron chi connectivity index (χ2n) is 5.90. The van der Waals surface area contributed by atoms with Crippen molar-refractivity contribution >= 4 is 23.2 Å². The van der Waals surface area contributed by atoms with Crippen LogP contribution in [-0.4, -0.2) is 29.6 Å². The fourth-order valence-electron chi connectivity index (χ4n) is 3.30. The van der Waals surface area contributed by atoms with E-state index in [1.54, 1.807) is 7.11 Å². The molecule has 2 aromatic rings. The van der Waals surface area contributed by atoms with E-state index in [0.717, 1.165) is 30.8 Å². The lowest BCUT2D eigenvalue weighted by Crippen LogP contribution is -2.30. The number of nitrogens with zero attached hydrogens (tertiary/aromatic N) is 2. The summed E-state index contributed by atoms with van der Waals surface area (Å²) in [4.78, 5) is 6.51. The van der Waals surface area contributed by atoms with Gasteiger partial charge in [-0.15, -0.1) is 0 Å². The molecule has 0 amide bonds. The van der Waals surface area contributed by atoms with Crippen molar-refractivity contribution < 1.29 is 4.74 Å². The molecule has 2 heterocycles. The molecule has 3 nitrogen and oxygen atoms in total. The summed E-state index contributed by atoms with van der Waals surface area (Å²) in [6.07, 6.45) is 3.41. The van der Waals surface area contributed by atoms with Gasteiger partial charge in [0, 0.05) is 12.6 Å². The van der Waals surface area contributed by atoms with Gasteiger partial charge < -0.3 is 4.74 Å². The van der Waals surface area contributed by atoms with Crippen molar-refractivity contribution in [2.75, 3.05) is 13.7 Å². The fraction of sp³-hybridized carbons (Fsp3) is 0.389. The lowest BCUT2D eigenvalue weighted by atomic mass is 10.0. The number of pyridine rings is 1. The standard InChI is InChI=1S/C18H20Cl2N2O/c1-23-16-7-3-2-5-14(16)11-15-6-4-8-22(15)12-13-9-17(19)21-18(20)10-13/h2-3,5,7,9-10,15H,4,6,8,11-12H2,1H3. The Hall–Kier alpha value is -1.29. The van der Waals surface area contributed by atoms with E-state index in [4.69, 9.17) is 27.9 Å². The first kappa shape index (κ1) is 16.6. The van der Waals surface area contributed by atoms with Crippen LogP contribution < -0.4 is 4.74 Å². The van der Waals surface area contributed by atoms with Crippen LogP contribution in [0.5, 0.6) is 5.75 Å². The molecule has 5 heteroatoms. The van der Waals surface area contributed by atoms with Crippen molar-refractivity contribution in [2.45, 2.75) is 31.8 Å². The highest BCUT2D eigenvalue weighted by Gasteiger charge is 2.25. The van der Waals surface area contributed by atoms with E-state index in [-0.39, 0.29) is 0 Å². The zero-order valence-electron chi connectivity index (χ0n) is 13.1. The van der Waals surface area contributed by atoms with E-state index in [2.05, 4.69) is 22.0 Å². The van der Waals surface area contributed by atoms with Crippen molar-refractivity contribution in [3.05, 3.63) is 57.8 Å². The normalized spacial score (nSPS) is 18.3. The Labute approximate surface area is 147 Å². The Kier molecular flexibility index (Phi) is 5.42. The van der Waals surface area contributed by atoms with Gasteiger partial charge in [0.2, 0.25) is 0 Å². The fourth-order valence-corrected chi connectivity index (χ4v) is 3.81. The first-order chi connectivity index (χ1) is 11.2. The second kappa shape index (κ2) is 7.52. The van der Waals surface area contributed by atoms with Crippen LogP contribution in [0.25, 0.3) is 0 Å². The number of benzene rings is 1. The average molecular weight is 351 g/mol. The molecule has 122 valence electrons. The predicted molar refractivity (Wildman–Crippen MR) is 94.4 cm³/mol. The largest absolute Gasteiger partial charge is 0.496 e. The molecule has 0 aliphatic carbocycles. The Morgan fingerprint density at radius 2 is 1.96 bits per heavy atom. The average Bonchev–Trinajstić information content (AvgIpc) is 2.94. The van der Waals surface area contributed by atoms with Gasteiger partial charge in [-0.3, -0.25) is 4.90 Å². The molecule has 1 aromatic carbocycles. The van der Waals surface area contributed by atoms with Crippen LogP contribution in [0.1, 0.15) is 24.0 Å². The van der Waals surface area contributed by atoms with Gasteiger partial charge in [-0.05, 0) is 55.1 Å². The molecule has 1 aliphatic heterocycles. The molecule has 0 radical (unpaired) electrons. The third-order valence-electron chi connectivity index (χ3n) is 4.36. The van der Waals surface area contributed by atoms with Crippen LogP contribution in [0.4, 0.5) is 0 Å². The maximum absolute atomic E-state index is 6.01. The molecule has 1 unspecified atom stereocenters. The third-order valence-corrected chi connectivity index (χ3v) is 4.74. The van der Waals surface area contributed by atoms with E-state index < -0.39 is 0 Å². The van der Waals surface area contributed by atoms with Crippen LogP contribution in [0, 0.1) is 0 Å². The second-order valence-corrected chi connectivity index (χ2v) is 6.68. The number of hydrogen-bond donors (Lipinski definition) is 0. The molecule has 0 N–H and O–H groups in total. The summed E-state index contributed by atoms with van der Waals surface area (Å²) in [5.41, 5.74) is 2.37. The highest BCUT2D eigenvalue weighted by Crippen LogP contribution is 2.28. The molecule has 0 spiro atoms. The summed E-state index contributed by atoms with van der Waals surface area (Å²) in [7, 11) is 1.73. The third kappa shape index (κ3) is 4.17. The molecule has 1 atom stereocenters. The summed E-state index contributed by atoms with van der Waals surface area (Å²) < 4.78 is 5.48. The Morgan fingerprint density at radius 1 is 1.22 bits per heavy atom. The first-order valence-corrected chi connectivity index (χ1v) is 8.59. The molecule has 23 heavy (non-hydrogen) atoms. The smallest absolute Gasteiger partial charge is 0.131 e. The van der Waals surface area contributed by atoms with Gasteiger partial charge in [-0.25, -0.2) is 4.98 Å². The van der Waals surface area contributed by atoms with E-state index in [0.29, 0.717) is 16.3 Å². The van der Waals surface area contributed by atoms with Crippen molar-refractivity contribution in [2.24, 2.45) is 0 Å². The number of ether oxygens (including phenoxy) is 1. The molecule has 1 aromatic heterocycles. The van der Waals surface area contributed by atoms with Gasteiger partial charge in [-0.1, -0.05) is 41.4 Å². The number of halogens is 2. The minimum atomic E-state index is 0.452. The Balaban J connectivity index is 1.72. The minimum absolute atomic E-state index is 0.452. The minimum Gasteiger partial charge on any atom is -0.496 e. The van der Waals surface area contributed by atoms with Crippen LogP contribution in [0.15, 0.2) is 36.4 Å². The van der Waals surface area contributed by atoms with Gasteiger partial charge in [0.05, 0.1) is 7.11 Å². The Bertz CT molecular complexity index is 658. The maximum Gasteiger partial charge on any atom is 0.131 e. The van der Waals surface area contributed by atoms with Crippen LogP contribution in [0.3, 0.4) is 0 Å². The number of methoxy groups -OCH3 is 1. The highest BCUT2D eigenvalue weighted by atomic mass is 35.5. The molecular weight excluding hydrogens is 331 g/mol. The summed E-state index contributed by atoms with van der Waals surface area (Å²) in [5.74, 6) is 0.967. The summed E-state index contributed by atoms with van der Waals surface area (Å²) in [6, 6.07) is 12.6. The number of rotatable bonds is 5. The molecule has 1 saturated heterocycles. The molecule has 1 fully saturated rings.